The van der Waals surface area contributed by atoms with Gasteiger partial charge in [0.25, 0.3) is 5.69 Å². The number of carbonyl (C=O) groups is 3. The summed E-state index contributed by atoms with van der Waals surface area (Å²) < 4.78 is 32.7. The van der Waals surface area contributed by atoms with Gasteiger partial charge in [0.1, 0.15) is 18.7 Å². The largest absolute Gasteiger partial charge is 0.480 e. The second-order valence-electron chi connectivity index (χ2n) is 9.43. The van der Waals surface area contributed by atoms with Crippen LogP contribution < -0.4 is 5.32 Å². The maximum atomic E-state index is 13.4. The normalized spacial score (nSPS) is 13.0. The van der Waals surface area contributed by atoms with Crippen LogP contribution in [0.4, 0.5) is 10.5 Å². The number of nitrogens with zero attached hydrogens (tertiary/aromatic N) is 2. The number of alkyl carbamates (subject to hydrolysis) is 1. The Morgan fingerprint density at radius 3 is 2.12 bits per heavy atom. The lowest BCUT2D eigenvalue weighted by molar-refractivity contribution is -0.384. The number of hydrogen-bond donors (Lipinski definition) is 3. The molecular weight excluding hydrogens is 546 g/mol. The predicted octanol–water partition coefficient (Wildman–Crippen LogP) is 3.63. The Hall–Kier alpha value is -4.04. The van der Waals surface area contributed by atoms with Crippen LogP contribution in [0.1, 0.15) is 45.1 Å². The molecule has 2 aromatic carbocycles. The highest BCUT2D eigenvalue weighted by molar-refractivity contribution is 7.89. The minimum atomic E-state index is -4.38. The highest BCUT2D eigenvalue weighted by atomic mass is 32.2. The van der Waals surface area contributed by atoms with Gasteiger partial charge in [-0.1, -0.05) is 44.2 Å². The van der Waals surface area contributed by atoms with E-state index in [1.165, 1.54) is 0 Å². The maximum absolute atomic E-state index is 13.4. The Morgan fingerprint density at radius 2 is 1.60 bits per heavy atom. The molecule has 218 valence electrons. The predicted molar refractivity (Wildman–Crippen MR) is 143 cm³/mol. The molecular formula is C26H33N3O10S. The number of ether oxygens (including phenoxy) is 1. The smallest absolute Gasteiger partial charge is 0.408 e. The van der Waals surface area contributed by atoms with Gasteiger partial charge in [-0.3, -0.25) is 14.9 Å². The summed E-state index contributed by atoms with van der Waals surface area (Å²) in [5, 5.41) is 32.7. The molecule has 0 fully saturated rings. The molecule has 0 aromatic heterocycles. The van der Waals surface area contributed by atoms with Gasteiger partial charge < -0.3 is 20.3 Å². The third kappa shape index (κ3) is 9.61. The van der Waals surface area contributed by atoms with Crippen molar-refractivity contribution >= 4 is 33.7 Å². The van der Waals surface area contributed by atoms with E-state index in [1.807, 2.05) is 13.8 Å². The minimum Gasteiger partial charge on any atom is -0.480 e. The van der Waals surface area contributed by atoms with Gasteiger partial charge in [0.2, 0.25) is 10.0 Å². The molecule has 0 saturated heterocycles. The molecule has 0 radical (unpaired) electrons. The summed E-state index contributed by atoms with van der Waals surface area (Å²) in [5.41, 5.74) is 0.376. The van der Waals surface area contributed by atoms with Crippen molar-refractivity contribution in [1.29, 1.82) is 0 Å². The van der Waals surface area contributed by atoms with Gasteiger partial charge in [-0.2, -0.15) is 4.31 Å². The van der Waals surface area contributed by atoms with Crippen LogP contribution in [0, 0.1) is 16.0 Å². The van der Waals surface area contributed by atoms with Crippen molar-refractivity contribution in [3.05, 3.63) is 70.3 Å². The fourth-order valence-corrected chi connectivity index (χ4v) is 5.40. The average molecular weight is 580 g/mol. The van der Waals surface area contributed by atoms with E-state index in [4.69, 9.17) is 4.74 Å². The van der Waals surface area contributed by atoms with Gasteiger partial charge in [0.15, 0.2) is 0 Å². The quantitative estimate of drug-likeness (QED) is 0.195. The molecule has 3 N–H and O–H groups in total. The molecule has 2 aromatic rings. The zero-order valence-corrected chi connectivity index (χ0v) is 23.0. The van der Waals surface area contributed by atoms with E-state index < -0.39 is 45.1 Å². The molecule has 0 spiro atoms. The van der Waals surface area contributed by atoms with Crippen molar-refractivity contribution in [2.24, 2.45) is 5.92 Å². The number of nitro groups is 1. The molecule has 40 heavy (non-hydrogen) atoms. The van der Waals surface area contributed by atoms with Crippen LogP contribution in [0.15, 0.2) is 59.5 Å². The van der Waals surface area contributed by atoms with Crippen molar-refractivity contribution in [3.8, 4) is 0 Å². The van der Waals surface area contributed by atoms with Crippen molar-refractivity contribution in [1.82, 2.24) is 9.62 Å². The highest BCUT2D eigenvalue weighted by Gasteiger charge is 2.36. The molecule has 0 heterocycles. The van der Waals surface area contributed by atoms with E-state index in [9.17, 15) is 43.1 Å². The van der Waals surface area contributed by atoms with Gasteiger partial charge >= 0.3 is 18.0 Å². The number of nitro benzene ring substituents is 1. The monoisotopic (exact) mass is 579 g/mol. The number of rotatable bonds is 16. The lowest BCUT2D eigenvalue weighted by Gasteiger charge is -2.29. The van der Waals surface area contributed by atoms with Crippen LogP contribution in [0.2, 0.25) is 0 Å². The number of aliphatic carboxylic acids is 2. The Balaban J connectivity index is 2.14. The fourth-order valence-electron chi connectivity index (χ4n) is 3.77. The van der Waals surface area contributed by atoms with E-state index in [0.29, 0.717) is 12.0 Å². The first kappa shape index (κ1) is 32.2. The number of non-ortho nitro benzene ring substituents is 1. The number of nitrogens with one attached hydrogen (secondary N) is 1. The zero-order chi connectivity index (χ0) is 29.9. The van der Waals surface area contributed by atoms with Gasteiger partial charge in [-0.15, -0.1) is 0 Å². The number of benzene rings is 2. The van der Waals surface area contributed by atoms with Crippen LogP contribution in [-0.4, -0.2) is 64.5 Å². The standard InChI is InChI=1S/C26H33N3O10S/c1-18(2)15-16-28(40(37,38)21-13-11-20(12-14-21)29(35)36)23(25(32)33)10-6-9-22(24(30)31)27-26(34)39-17-19-7-4-3-5-8-19/h3-5,7-8,11-14,18,22-23H,6,9-10,15-17H2,1-2H3,(H,27,34)(H,30,31)(H,32,33). The highest BCUT2D eigenvalue weighted by Crippen LogP contribution is 2.25. The number of sulfonamides is 1. The van der Waals surface area contributed by atoms with E-state index >= 15 is 0 Å². The summed E-state index contributed by atoms with van der Waals surface area (Å²) in [4.78, 5) is 46.0. The van der Waals surface area contributed by atoms with Crippen LogP contribution >= 0.6 is 0 Å². The Morgan fingerprint density at radius 1 is 0.975 bits per heavy atom. The summed E-state index contributed by atoms with van der Waals surface area (Å²) in [6, 6.07) is 9.92. The molecule has 14 heteroatoms. The van der Waals surface area contributed by atoms with Crippen molar-refractivity contribution in [3.63, 3.8) is 0 Å². The lowest BCUT2D eigenvalue weighted by Crippen LogP contribution is -2.46. The van der Waals surface area contributed by atoms with Crippen molar-refractivity contribution < 1.29 is 42.7 Å². The van der Waals surface area contributed by atoms with Crippen LogP contribution in [0.3, 0.4) is 0 Å². The minimum absolute atomic E-state index is 0.0338. The van der Waals surface area contributed by atoms with Gasteiger partial charge in [-0.05, 0) is 49.3 Å². The van der Waals surface area contributed by atoms with Crippen molar-refractivity contribution in [2.75, 3.05) is 6.54 Å². The van der Waals surface area contributed by atoms with E-state index in [1.54, 1.807) is 30.3 Å². The van der Waals surface area contributed by atoms with Crippen molar-refractivity contribution in [2.45, 2.75) is 63.1 Å². The average Bonchev–Trinajstić information content (AvgIpc) is 2.90. The third-order valence-electron chi connectivity index (χ3n) is 5.99. The van der Waals surface area contributed by atoms with E-state index in [2.05, 4.69) is 5.32 Å². The molecule has 0 aliphatic rings. The number of amides is 1. The molecule has 2 rings (SSSR count). The molecule has 2 atom stereocenters. The van der Waals surface area contributed by atoms with Gasteiger partial charge in [0, 0.05) is 18.7 Å². The zero-order valence-electron chi connectivity index (χ0n) is 22.1. The SMILES string of the molecule is CC(C)CCN(C(CCCC(NC(=O)OCc1ccccc1)C(=O)O)C(=O)O)S(=O)(=O)c1ccc([N+](=O)[O-])cc1. The molecule has 2 unspecified atom stereocenters. The summed E-state index contributed by atoms with van der Waals surface area (Å²) >= 11 is 0. The first-order valence-corrected chi connectivity index (χ1v) is 14.0. The summed E-state index contributed by atoms with van der Waals surface area (Å²) in [5.74, 6) is -2.76. The Labute approximate surface area is 232 Å². The summed E-state index contributed by atoms with van der Waals surface area (Å²) in [6.45, 7) is 3.46. The number of carboxylic acids is 2. The number of hydrogen-bond acceptors (Lipinski definition) is 8. The van der Waals surface area contributed by atoms with Crippen LogP contribution in [0.5, 0.6) is 0 Å². The lowest BCUT2D eigenvalue weighted by atomic mass is 10.0. The first-order valence-electron chi connectivity index (χ1n) is 12.5. The third-order valence-corrected chi connectivity index (χ3v) is 7.91. The Bertz CT molecular complexity index is 1270. The molecule has 0 aliphatic carbocycles. The van der Waals surface area contributed by atoms with Crippen LogP contribution in [-0.2, 0) is 31.0 Å². The number of carboxylic acid groups (broad SMARTS) is 2. The fraction of sp³-hybridized carbons (Fsp3) is 0.423. The van der Waals surface area contributed by atoms with E-state index in [0.717, 1.165) is 28.6 Å². The summed E-state index contributed by atoms with van der Waals surface area (Å²) in [7, 11) is -4.38. The number of carbonyl (C=O) groups excluding carboxylic acids is 1. The molecule has 13 nitrogen and oxygen atoms in total. The maximum Gasteiger partial charge on any atom is 0.408 e. The second kappa shape index (κ2) is 14.9. The van der Waals surface area contributed by atoms with Crippen LogP contribution in [0.25, 0.3) is 0 Å². The summed E-state index contributed by atoms with van der Waals surface area (Å²) in [6.07, 6.45) is -1.12. The molecule has 1 amide bonds. The molecule has 0 aliphatic heterocycles. The van der Waals surface area contributed by atoms with E-state index in [-0.39, 0.29) is 48.9 Å². The molecule has 0 saturated carbocycles. The second-order valence-corrected chi connectivity index (χ2v) is 11.3. The Kier molecular flexibility index (Phi) is 12.0. The topological polar surface area (TPSA) is 193 Å². The first-order chi connectivity index (χ1) is 18.8. The van der Waals surface area contributed by atoms with Gasteiger partial charge in [-0.25, -0.2) is 18.0 Å². The molecule has 0 bridgehead atoms. The van der Waals surface area contributed by atoms with Gasteiger partial charge in [0.05, 0.1) is 9.82 Å².